The lowest BCUT2D eigenvalue weighted by Gasteiger charge is -2.04. The van der Waals surface area contributed by atoms with Crippen LogP contribution in [-0.4, -0.2) is 30.8 Å². The van der Waals surface area contributed by atoms with Gasteiger partial charge in [0.1, 0.15) is 5.69 Å². The fourth-order valence-corrected chi connectivity index (χ4v) is 2.13. The highest BCUT2D eigenvalue weighted by atomic mass is 16.5. The highest BCUT2D eigenvalue weighted by Crippen LogP contribution is 2.22. The van der Waals surface area contributed by atoms with Gasteiger partial charge in [0, 0.05) is 25.1 Å². The van der Waals surface area contributed by atoms with Crippen molar-refractivity contribution in [2.45, 2.75) is 33.6 Å². The zero-order chi connectivity index (χ0) is 15.2. The molecule has 1 N–H and O–H groups in total. The van der Waals surface area contributed by atoms with Gasteiger partial charge in [0.05, 0.1) is 6.42 Å². The van der Waals surface area contributed by atoms with E-state index in [0.29, 0.717) is 25.5 Å². The molecule has 0 aliphatic carbocycles. The topological polar surface area (TPSA) is 64.4 Å². The minimum absolute atomic E-state index is 0.0417. The van der Waals surface area contributed by atoms with Crippen LogP contribution in [0.1, 0.15) is 30.2 Å². The number of aryl methyl sites for hydroxylation is 2. The van der Waals surface area contributed by atoms with Crippen LogP contribution in [0.2, 0.25) is 0 Å². The molecule has 21 heavy (non-hydrogen) atoms. The van der Waals surface area contributed by atoms with Gasteiger partial charge in [-0.25, -0.2) is 0 Å². The summed E-state index contributed by atoms with van der Waals surface area (Å²) in [5, 5.41) is 7.80. The number of hydrogen-bond donors (Lipinski definition) is 1. The predicted molar refractivity (Wildman–Crippen MR) is 81.3 cm³/mol. The van der Waals surface area contributed by atoms with Gasteiger partial charge in [-0.2, -0.15) is 0 Å². The first kappa shape index (κ1) is 15.5. The van der Waals surface area contributed by atoms with Gasteiger partial charge >= 0.3 is 0 Å². The maximum atomic E-state index is 11.9. The Labute approximate surface area is 124 Å². The number of nitrogens with zero attached hydrogens (tertiary/aromatic N) is 1. The van der Waals surface area contributed by atoms with Gasteiger partial charge < -0.3 is 14.6 Å². The normalized spacial score (nSPS) is 11.0. The fourth-order valence-electron chi connectivity index (χ4n) is 2.13. The number of carbonyl (C=O) groups excluding carboxylic acids is 1. The van der Waals surface area contributed by atoms with Crippen LogP contribution in [0, 0.1) is 13.8 Å². The number of aromatic nitrogens is 1. The molecule has 0 aliphatic rings. The highest BCUT2D eigenvalue weighted by Gasteiger charge is 2.13. The van der Waals surface area contributed by atoms with Crippen molar-refractivity contribution >= 4 is 16.9 Å². The van der Waals surface area contributed by atoms with E-state index in [1.807, 2.05) is 32.9 Å². The molecule has 0 saturated heterocycles. The van der Waals surface area contributed by atoms with Crippen LogP contribution in [0.4, 0.5) is 0 Å². The number of hydrogen-bond acceptors (Lipinski definition) is 4. The number of amides is 1. The first-order chi connectivity index (χ1) is 10.1. The van der Waals surface area contributed by atoms with Crippen molar-refractivity contribution in [3.63, 3.8) is 0 Å². The molecule has 0 atom stereocenters. The van der Waals surface area contributed by atoms with Crippen molar-refractivity contribution in [2.75, 3.05) is 19.8 Å². The smallest absolute Gasteiger partial charge is 0.226 e. The van der Waals surface area contributed by atoms with Crippen LogP contribution >= 0.6 is 0 Å². The second kappa shape index (κ2) is 7.22. The molecule has 0 saturated carbocycles. The molecular weight excluding hydrogens is 268 g/mol. The summed E-state index contributed by atoms with van der Waals surface area (Å²) in [6, 6.07) is 3.99. The summed E-state index contributed by atoms with van der Waals surface area (Å²) >= 11 is 0. The number of benzene rings is 1. The molecule has 2 aromatic rings. The molecule has 1 aromatic heterocycles. The number of carbonyl (C=O) groups is 1. The summed E-state index contributed by atoms with van der Waals surface area (Å²) in [4.78, 5) is 11.9. The van der Waals surface area contributed by atoms with Crippen molar-refractivity contribution < 1.29 is 14.1 Å². The van der Waals surface area contributed by atoms with Gasteiger partial charge in [-0.05, 0) is 50.5 Å². The Morgan fingerprint density at radius 2 is 2.10 bits per heavy atom. The van der Waals surface area contributed by atoms with E-state index >= 15 is 0 Å². The minimum Gasteiger partial charge on any atom is -0.382 e. The molecule has 0 spiro atoms. The molecule has 1 heterocycles. The molecule has 1 aromatic carbocycles. The van der Waals surface area contributed by atoms with Gasteiger partial charge in [-0.1, -0.05) is 5.16 Å². The van der Waals surface area contributed by atoms with E-state index in [9.17, 15) is 4.79 Å². The van der Waals surface area contributed by atoms with E-state index < -0.39 is 0 Å². The first-order valence-electron chi connectivity index (χ1n) is 7.31. The summed E-state index contributed by atoms with van der Waals surface area (Å²) in [5.41, 5.74) is 3.75. The van der Waals surface area contributed by atoms with Crippen molar-refractivity contribution in [1.29, 1.82) is 0 Å². The number of fused-ring (bicyclic) bond motifs is 1. The molecule has 114 valence electrons. The maximum Gasteiger partial charge on any atom is 0.226 e. The van der Waals surface area contributed by atoms with Crippen LogP contribution in [-0.2, 0) is 16.0 Å². The van der Waals surface area contributed by atoms with E-state index in [2.05, 4.69) is 10.5 Å². The van der Waals surface area contributed by atoms with E-state index in [-0.39, 0.29) is 12.3 Å². The number of ether oxygens (including phenoxy) is 1. The minimum atomic E-state index is -0.0417. The Bertz CT molecular complexity index is 619. The second-order valence-corrected chi connectivity index (χ2v) is 5.14. The Kier molecular flexibility index (Phi) is 5.33. The van der Waals surface area contributed by atoms with Gasteiger partial charge in [0.15, 0.2) is 5.58 Å². The Hall–Kier alpha value is -1.88. The van der Waals surface area contributed by atoms with Crippen molar-refractivity contribution in [1.82, 2.24) is 10.5 Å². The predicted octanol–water partition coefficient (Wildman–Crippen LogP) is 2.53. The Balaban J connectivity index is 1.93. The molecule has 1 amide bonds. The fraction of sp³-hybridized carbons (Fsp3) is 0.500. The molecule has 0 bridgehead atoms. The lowest BCUT2D eigenvalue weighted by Crippen LogP contribution is -2.27. The van der Waals surface area contributed by atoms with Crippen LogP contribution in [0.5, 0.6) is 0 Å². The second-order valence-electron chi connectivity index (χ2n) is 5.14. The van der Waals surface area contributed by atoms with E-state index in [4.69, 9.17) is 9.26 Å². The van der Waals surface area contributed by atoms with Crippen LogP contribution < -0.4 is 5.32 Å². The maximum absolute atomic E-state index is 11.9. The third kappa shape index (κ3) is 4.04. The highest BCUT2D eigenvalue weighted by molar-refractivity contribution is 5.87. The molecular formula is C16H22N2O3. The van der Waals surface area contributed by atoms with Crippen molar-refractivity contribution in [3.8, 4) is 0 Å². The number of nitrogens with one attached hydrogen (secondary N) is 1. The van der Waals surface area contributed by atoms with Gasteiger partial charge in [0.25, 0.3) is 0 Å². The standard InChI is InChI=1S/C16H22N2O3/c1-4-20-7-5-6-17-16(19)10-14-13-8-11(2)12(3)9-15(13)21-18-14/h8-9H,4-7,10H2,1-3H3,(H,17,19). The summed E-state index contributed by atoms with van der Waals surface area (Å²) in [6.07, 6.45) is 1.06. The van der Waals surface area contributed by atoms with Crippen molar-refractivity contribution in [3.05, 3.63) is 29.0 Å². The van der Waals surface area contributed by atoms with Gasteiger partial charge in [0.2, 0.25) is 5.91 Å². The average molecular weight is 290 g/mol. The van der Waals surface area contributed by atoms with Gasteiger partial charge in [-0.3, -0.25) is 4.79 Å². The third-order valence-corrected chi connectivity index (χ3v) is 3.48. The Morgan fingerprint density at radius 1 is 1.33 bits per heavy atom. The van der Waals surface area contributed by atoms with E-state index in [1.54, 1.807) is 0 Å². The van der Waals surface area contributed by atoms with Crippen LogP contribution in [0.3, 0.4) is 0 Å². The number of rotatable bonds is 7. The quantitative estimate of drug-likeness (QED) is 0.796. The SMILES string of the molecule is CCOCCCNC(=O)Cc1noc2cc(C)c(C)cc12. The molecule has 0 fully saturated rings. The Morgan fingerprint density at radius 3 is 2.86 bits per heavy atom. The monoisotopic (exact) mass is 290 g/mol. The molecule has 5 nitrogen and oxygen atoms in total. The zero-order valence-corrected chi connectivity index (χ0v) is 12.9. The summed E-state index contributed by atoms with van der Waals surface area (Å²) in [7, 11) is 0. The lowest BCUT2D eigenvalue weighted by molar-refractivity contribution is -0.120. The third-order valence-electron chi connectivity index (χ3n) is 3.48. The first-order valence-corrected chi connectivity index (χ1v) is 7.31. The van der Waals surface area contributed by atoms with Gasteiger partial charge in [-0.15, -0.1) is 0 Å². The van der Waals surface area contributed by atoms with E-state index in [0.717, 1.165) is 23.0 Å². The largest absolute Gasteiger partial charge is 0.382 e. The summed E-state index contributed by atoms with van der Waals surface area (Å²) in [6.45, 7) is 8.02. The molecule has 0 aliphatic heterocycles. The summed E-state index contributed by atoms with van der Waals surface area (Å²) in [5.74, 6) is -0.0417. The lowest BCUT2D eigenvalue weighted by atomic mass is 10.1. The van der Waals surface area contributed by atoms with E-state index in [1.165, 1.54) is 5.56 Å². The van der Waals surface area contributed by atoms with Crippen molar-refractivity contribution in [2.24, 2.45) is 0 Å². The molecule has 2 rings (SSSR count). The average Bonchev–Trinajstić information content (AvgIpc) is 2.81. The molecule has 5 heteroatoms. The zero-order valence-electron chi connectivity index (χ0n) is 12.9. The van der Waals surface area contributed by atoms with Crippen LogP contribution in [0.25, 0.3) is 11.0 Å². The summed E-state index contributed by atoms with van der Waals surface area (Å²) < 4.78 is 10.5. The molecule has 0 unspecified atom stereocenters. The molecule has 0 radical (unpaired) electrons. The van der Waals surface area contributed by atoms with Crippen LogP contribution in [0.15, 0.2) is 16.7 Å².